The molecule has 20 heavy (non-hydrogen) atoms. The fourth-order valence-electron chi connectivity index (χ4n) is 2.59. The van der Waals surface area contributed by atoms with Crippen molar-refractivity contribution in [3.8, 4) is 5.75 Å². The van der Waals surface area contributed by atoms with Crippen LogP contribution in [-0.2, 0) is 0 Å². The summed E-state index contributed by atoms with van der Waals surface area (Å²) < 4.78 is 5.14. The fraction of sp³-hybridized carbons (Fsp3) is 0.533. The summed E-state index contributed by atoms with van der Waals surface area (Å²) in [7, 11) is 1.66. The van der Waals surface area contributed by atoms with Crippen molar-refractivity contribution in [3.63, 3.8) is 0 Å². The van der Waals surface area contributed by atoms with Crippen LogP contribution in [0.1, 0.15) is 33.1 Å². The minimum atomic E-state index is 0.509. The number of benzene rings is 1. The lowest BCUT2D eigenvalue weighted by molar-refractivity contribution is 0.0750. The maximum Gasteiger partial charge on any atom is 0.185 e. The van der Waals surface area contributed by atoms with E-state index in [0.717, 1.165) is 11.4 Å². The Hall–Kier alpha value is -1.33. The first-order valence-electron chi connectivity index (χ1n) is 7.10. The monoisotopic (exact) mass is 293 g/mol. The van der Waals surface area contributed by atoms with Crippen LogP contribution in [0, 0.1) is 0 Å². The molecular weight excluding hydrogens is 270 g/mol. The molecule has 1 aromatic carbocycles. The molecule has 0 spiro atoms. The van der Waals surface area contributed by atoms with E-state index in [0.29, 0.717) is 17.2 Å². The number of rotatable bonds is 3. The summed E-state index contributed by atoms with van der Waals surface area (Å²) in [6.45, 7) is 4.47. The first-order valence-corrected chi connectivity index (χ1v) is 7.51. The maximum absolute atomic E-state index is 5.39. The van der Waals surface area contributed by atoms with Crippen LogP contribution >= 0.6 is 12.2 Å². The topological polar surface area (TPSA) is 36.5 Å². The molecule has 1 aliphatic rings. The Morgan fingerprint density at radius 1 is 1.20 bits per heavy atom. The second-order valence-corrected chi connectivity index (χ2v) is 5.74. The lowest BCUT2D eigenvalue weighted by atomic mass is 10.00. The Bertz CT molecular complexity index is 439. The molecule has 1 saturated heterocycles. The number of methoxy groups -OCH3 is 1. The van der Waals surface area contributed by atoms with Crippen molar-refractivity contribution in [2.24, 2.45) is 0 Å². The summed E-state index contributed by atoms with van der Waals surface area (Å²) in [5.74, 6) is 0.840. The highest BCUT2D eigenvalue weighted by Gasteiger charge is 2.25. The van der Waals surface area contributed by atoms with Crippen LogP contribution in [0.25, 0.3) is 0 Å². The molecule has 5 heteroatoms. The third-order valence-corrected chi connectivity index (χ3v) is 3.97. The summed E-state index contributed by atoms with van der Waals surface area (Å²) in [4.78, 5) is 0. The van der Waals surface area contributed by atoms with Crippen molar-refractivity contribution < 1.29 is 4.74 Å². The summed E-state index contributed by atoms with van der Waals surface area (Å²) >= 11 is 5.39. The second kappa shape index (κ2) is 6.90. The van der Waals surface area contributed by atoms with Crippen LogP contribution in [0.15, 0.2) is 24.3 Å². The molecule has 1 aliphatic heterocycles. The van der Waals surface area contributed by atoms with E-state index in [1.54, 1.807) is 7.11 Å². The Morgan fingerprint density at radius 3 is 2.35 bits per heavy atom. The number of thiocarbonyl (C=S) groups is 1. The first kappa shape index (κ1) is 15.1. The molecule has 4 nitrogen and oxygen atoms in total. The van der Waals surface area contributed by atoms with E-state index in [1.165, 1.54) is 19.3 Å². The number of nitrogens with one attached hydrogen (secondary N) is 2. The van der Waals surface area contributed by atoms with Gasteiger partial charge in [-0.25, -0.2) is 5.01 Å². The van der Waals surface area contributed by atoms with Crippen molar-refractivity contribution in [2.45, 2.75) is 45.2 Å². The van der Waals surface area contributed by atoms with Gasteiger partial charge in [-0.05, 0) is 63.2 Å². The Labute approximate surface area is 126 Å². The summed E-state index contributed by atoms with van der Waals surface area (Å²) in [6, 6.07) is 8.75. The van der Waals surface area contributed by atoms with Gasteiger partial charge < -0.3 is 10.1 Å². The smallest absolute Gasteiger partial charge is 0.185 e. The van der Waals surface area contributed by atoms with Gasteiger partial charge in [0.2, 0.25) is 0 Å². The Balaban J connectivity index is 1.90. The first-order chi connectivity index (χ1) is 9.60. The van der Waals surface area contributed by atoms with Gasteiger partial charge >= 0.3 is 0 Å². The van der Waals surface area contributed by atoms with E-state index < -0.39 is 0 Å². The van der Waals surface area contributed by atoms with E-state index in [-0.39, 0.29) is 0 Å². The molecule has 0 bridgehead atoms. The molecule has 0 saturated carbocycles. The predicted molar refractivity (Wildman–Crippen MR) is 87.0 cm³/mol. The van der Waals surface area contributed by atoms with Crippen molar-refractivity contribution >= 4 is 23.0 Å². The van der Waals surface area contributed by atoms with Gasteiger partial charge in [-0.15, -0.1) is 0 Å². The highest BCUT2D eigenvalue weighted by molar-refractivity contribution is 7.80. The lowest BCUT2D eigenvalue weighted by Crippen LogP contribution is -2.55. The average molecular weight is 293 g/mol. The zero-order chi connectivity index (χ0) is 14.5. The zero-order valence-electron chi connectivity index (χ0n) is 12.3. The van der Waals surface area contributed by atoms with E-state index in [1.807, 2.05) is 24.3 Å². The van der Waals surface area contributed by atoms with E-state index in [2.05, 4.69) is 29.6 Å². The molecule has 0 amide bonds. The number of nitrogens with zero attached hydrogens (tertiary/aromatic N) is 1. The van der Waals surface area contributed by atoms with Gasteiger partial charge in [-0.3, -0.25) is 5.43 Å². The van der Waals surface area contributed by atoms with Crippen molar-refractivity contribution in [2.75, 3.05) is 12.4 Å². The molecule has 1 fully saturated rings. The average Bonchev–Trinajstić information content (AvgIpc) is 2.44. The van der Waals surface area contributed by atoms with Gasteiger partial charge in [0.25, 0.3) is 0 Å². The largest absolute Gasteiger partial charge is 0.497 e. The third kappa shape index (κ3) is 3.84. The Kier molecular flexibility index (Phi) is 5.20. The molecule has 2 N–H and O–H groups in total. The minimum Gasteiger partial charge on any atom is -0.497 e. The van der Waals surface area contributed by atoms with E-state index in [9.17, 15) is 0 Å². The molecule has 1 aromatic rings. The van der Waals surface area contributed by atoms with Gasteiger partial charge in [-0.1, -0.05) is 6.42 Å². The lowest BCUT2D eigenvalue weighted by Gasteiger charge is -2.39. The zero-order valence-corrected chi connectivity index (χ0v) is 13.2. The number of anilines is 1. The third-order valence-electron chi connectivity index (χ3n) is 3.77. The molecule has 0 aromatic heterocycles. The van der Waals surface area contributed by atoms with E-state index in [4.69, 9.17) is 17.0 Å². The van der Waals surface area contributed by atoms with Gasteiger partial charge in [-0.2, -0.15) is 0 Å². The minimum absolute atomic E-state index is 0.509. The van der Waals surface area contributed by atoms with Crippen LogP contribution in [0.3, 0.4) is 0 Å². The summed E-state index contributed by atoms with van der Waals surface area (Å²) in [6.07, 6.45) is 3.71. The van der Waals surface area contributed by atoms with Crippen LogP contribution in [0.2, 0.25) is 0 Å². The molecular formula is C15H23N3OS. The number of ether oxygens (including phenoxy) is 1. The van der Waals surface area contributed by atoms with E-state index >= 15 is 0 Å². The molecule has 2 rings (SSSR count). The molecule has 110 valence electrons. The number of hydrogen-bond acceptors (Lipinski definition) is 3. The molecule has 2 atom stereocenters. The number of piperidine rings is 1. The maximum atomic E-state index is 5.39. The van der Waals surface area contributed by atoms with Gasteiger partial charge in [0.05, 0.1) is 7.11 Å². The number of hydrazine groups is 1. The highest BCUT2D eigenvalue weighted by Crippen LogP contribution is 2.20. The second-order valence-electron chi connectivity index (χ2n) is 5.33. The highest BCUT2D eigenvalue weighted by atomic mass is 32.1. The summed E-state index contributed by atoms with van der Waals surface area (Å²) in [5.41, 5.74) is 4.28. The van der Waals surface area contributed by atoms with Crippen molar-refractivity contribution in [1.82, 2.24) is 10.4 Å². The van der Waals surface area contributed by atoms with Crippen molar-refractivity contribution in [1.29, 1.82) is 0 Å². The number of hydrogen-bond donors (Lipinski definition) is 2. The van der Waals surface area contributed by atoms with Gasteiger partial charge in [0.1, 0.15) is 5.75 Å². The van der Waals surface area contributed by atoms with Gasteiger partial charge in [0, 0.05) is 17.8 Å². The predicted octanol–water partition coefficient (Wildman–Crippen LogP) is 3.16. The van der Waals surface area contributed by atoms with Crippen molar-refractivity contribution in [3.05, 3.63) is 24.3 Å². The SMILES string of the molecule is COc1ccc(NC(=S)NN2[C@H](C)CCC[C@H]2C)cc1. The molecule has 0 aliphatic carbocycles. The fourth-order valence-corrected chi connectivity index (χ4v) is 2.82. The van der Waals surface area contributed by atoms with Crippen LogP contribution in [-0.4, -0.2) is 29.3 Å². The molecule has 0 radical (unpaired) electrons. The molecule has 1 heterocycles. The normalized spacial score (nSPS) is 23.1. The standard InChI is InChI=1S/C15H23N3OS/c1-11-5-4-6-12(2)18(11)17-15(20)16-13-7-9-14(19-3)10-8-13/h7-12H,4-6H2,1-3H3,(H2,16,17,20)/t11-,12-/m1/s1. The quantitative estimate of drug-likeness (QED) is 0.837. The van der Waals surface area contributed by atoms with Crippen LogP contribution in [0.4, 0.5) is 5.69 Å². The Morgan fingerprint density at radius 2 is 1.80 bits per heavy atom. The summed E-state index contributed by atoms with van der Waals surface area (Å²) in [5, 5.41) is 6.09. The van der Waals surface area contributed by atoms with Crippen LogP contribution < -0.4 is 15.5 Å². The van der Waals surface area contributed by atoms with Gasteiger partial charge in [0.15, 0.2) is 5.11 Å². The van der Waals surface area contributed by atoms with Crippen LogP contribution in [0.5, 0.6) is 5.75 Å². The molecule has 0 unspecified atom stereocenters.